The van der Waals surface area contributed by atoms with Gasteiger partial charge in [-0.25, -0.2) is 4.79 Å². The number of aromatic carboxylic acids is 1. The molecule has 0 amide bonds. The van der Waals surface area contributed by atoms with Gasteiger partial charge in [-0.3, -0.25) is 0 Å². The van der Waals surface area contributed by atoms with E-state index in [1.807, 2.05) is 12.1 Å². The van der Waals surface area contributed by atoms with Crippen molar-refractivity contribution in [1.82, 2.24) is 0 Å². The topological polar surface area (TPSA) is 98.0 Å². The molecule has 5 nitrogen and oxygen atoms in total. The van der Waals surface area contributed by atoms with Gasteiger partial charge in [-0.1, -0.05) is 36.4 Å². The molecule has 3 aromatic rings. The number of hydrogen-bond donors (Lipinski definition) is 4. The fourth-order valence-corrected chi connectivity index (χ4v) is 1.46. The lowest BCUT2D eigenvalue weighted by Crippen LogP contribution is -1.93. The van der Waals surface area contributed by atoms with Gasteiger partial charge in [0.25, 0.3) is 0 Å². The number of carboxylic acid groups (broad SMARTS) is 1. The van der Waals surface area contributed by atoms with Gasteiger partial charge in [0.2, 0.25) is 0 Å². The highest BCUT2D eigenvalue weighted by Gasteiger charge is 1.99. The molecule has 0 spiro atoms. The second kappa shape index (κ2) is 10.3. The average molecular weight is 326 g/mol. The Morgan fingerprint density at radius 1 is 0.542 bits per heavy atom. The van der Waals surface area contributed by atoms with Crippen molar-refractivity contribution in [2.75, 3.05) is 0 Å². The largest absolute Gasteiger partial charge is 0.508 e. The van der Waals surface area contributed by atoms with Crippen LogP contribution >= 0.6 is 0 Å². The minimum absolute atomic E-state index is 0.0741. The van der Waals surface area contributed by atoms with Gasteiger partial charge >= 0.3 is 5.97 Å². The second-order valence-corrected chi connectivity index (χ2v) is 4.52. The van der Waals surface area contributed by atoms with Crippen LogP contribution in [-0.2, 0) is 0 Å². The highest BCUT2D eigenvalue weighted by atomic mass is 16.4. The van der Waals surface area contributed by atoms with E-state index in [9.17, 15) is 4.79 Å². The van der Waals surface area contributed by atoms with Gasteiger partial charge in [0.05, 0.1) is 5.56 Å². The van der Waals surface area contributed by atoms with E-state index >= 15 is 0 Å². The van der Waals surface area contributed by atoms with E-state index in [1.165, 1.54) is 24.3 Å². The third-order valence-corrected chi connectivity index (χ3v) is 2.63. The first-order valence-electron chi connectivity index (χ1n) is 6.99. The molecule has 0 saturated heterocycles. The van der Waals surface area contributed by atoms with E-state index in [2.05, 4.69) is 0 Å². The molecule has 24 heavy (non-hydrogen) atoms. The number of phenols is 3. The third kappa shape index (κ3) is 8.09. The Labute approximate surface area is 139 Å². The van der Waals surface area contributed by atoms with E-state index in [0.717, 1.165) is 0 Å². The zero-order chi connectivity index (χ0) is 17.8. The number of carboxylic acids is 1. The molecule has 124 valence electrons. The predicted molar refractivity (Wildman–Crippen MR) is 91.3 cm³/mol. The van der Waals surface area contributed by atoms with Crippen molar-refractivity contribution in [3.05, 3.63) is 90.5 Å². The van der Waals surface area contributed by atoms with Crippen molar-refractivity contribution in [1.29, 1.82) is 0 Å². The monoisotopic (exact) mass is 326 g/mol. The fourth-order valence-electron chi connectivity index (χ4n) is 1.46. The van der Waals surface area contributed by atoms with Crippen LogP contribution in [0.3, 0.4) is 0 Å². The summed E-state index contributed by atoms with van der Waals surface area (Å²) in [5.41, 5.74) is 0.179. The molecule has 0 fully saturated rings. The Balaban J connectivity index is 0.000000185. The van der Waals surface area contributed by atoms with Gasteiger partial charge in [0.1, 0.15) is 17.2 Å². The van der Waals surface area contributed by atoms with Crippen LogP contribution in [0.1, 0.15) is 10.4 Å². The number of hydrogen-bond acceptors (Lipinski definition) is 4. The summed E-state index contributed by atoms with van der Waals surface area (Å²) < 4.78 is 0. The fraction of sp³-hybridized carbons (Fsp3) is 0. The number of rotatable bonds is 1. The summed E-state index contributed by atoms with van der Waals surface area (Å²) in [6, 6.07) is 22.8. The Kier molecular flexibility index (Phi) is 7.96. The maximum atomic E-state index is 10.2. The van der Waals surface area contributed by atoms with Crippen molar-refractivity contribution in [2.24, 2.45) is 0 Å². The minimum atomic E-state index is -0.986. The van der Waals surface area contributed by atoms with Crippen molar-refractivity contribution in [2.45, 2.75) is 0 Å². The number of para-hydroxylation sites is 2. The SMILES string of the molecule is O=C(O)c1ccc(O)cc1.Oc1ccccc1.Oc1ccccc1. The smallest absolute Gasteiger partial charge is 0.335 e. The third-order valence-electron chi connectivity index (χ3n) is 2.63. The summed E-state index contributed by atoms with van der Waals surface area (Å²) in [7, 11) is 0. The molecule has 0 radical (unpaired) electrons. The lowest BCUT2D eigenvalue weighted by atomic mass is 10.2. The number of phenolic OH excluding ortho intramolecular Hbond substituents is 3. The summed E-state index contributed by atoms with van der Waals surface area (Å²) in [4.78, 5) is 10.2. The summed E-state index contributed by atoms with van der Waals surface area (Å²) in [6.07, 6.45) is 0. The zero-order valence-corrected chi connectivity index (χ0v) is 12.8. The zero-order valence-electron chi connectivity index (χ0n) is 12.8. The van der Waals surface area contributed by atoms with Gasteiger partial charge < -0.3 is 20.4 Å². The average Bonchev–Trinajstić information content (AvgIpc) is 2.58. The van der Waals surface area contributed by atoms with Gasteiger partial charge in [0.15, 0.2) is 0 Å². The van der Waals surface area contributed by atoms with Crippen LogP contribution in [0.4, 0.5) is 0 Å². The quantitative estimate of drug-likeness (QED) is 0.544. The van der Waals surface area contributed by atoms with Crippen molar-refractivity contribution in [3.63, 3.8) is 0 Å². The summed E-state index contributed by atoms with van der Waals surface area (Å²) in [6.45, 7) is 0. The van der Waals surface area contributed by atoms with Gasteiger partial charge in [-0.2, -0.15) is 0 Å². The number of carbonyl (C=O) groups is 1. The van der Waals surface area contributed by atoms with E-state index in [0.29, 0.717) is 11.5 Å². The Hall–Kier alpha value is -3.47. The van der Waals surface area contributed by atoms with Crippen LogP contribution in [0, 0.1) is 0 Å². The highest BCUT2D eigenvalue weighted by molar-refractivity contribution is 5.87. The first-order valence-corrected chi connectivity index (χ1v) is 6.99. The first kappa shape index (κ1) is 18.6. The number of aromatic hydroxyl groups is 3. The molecule has 0 atom stereocenters. The normalized spacial score (nSPS) is 8.83. The van der Waals surface area contributed by atoms with E-state index < -0.39 is 5.97 Å². The Morgan fingerprint density at radius 3 is 1.12 bits per heavy atom. The Morgan fingerprint density at radius 2 is 0.875 bits per heavy atom. The van der Waals surface area contributed by atoms with Crippen LogP contribution in [0.2, 0.25) is 0 Å². The van der Waals surface area contributed by atoms with Crippen LogP contribution in [0.5, 0.6) is 17.2 Å². The molecule has 5 heteroatoms. The van der Waals surface area contributed by atoms with Crippen molar-refractivity contribution >= 4 is 5.97 Å². The summed E-state index contributed by atoms with van der Waals surface area (Å²) in [5.74, 6) is -0.269. The van der Waals surface area contributed by atoms with Crippen LogP contribution in [0.15, 0.2) is 84.9 Å². The van der Waals surface area contributed by atoms with Crippen LogP contribution in [-0.4, -0.2) is 26.4 Å². The van der Waals surface area contributed by atoms with Crippen LogP contribution < -0.4 is 0 Å². The molecule has 0 aromatic heterocycles. The maximum absolute atomic E-state index is 10.2. The molecule has 0 aliphatic rings. The predicted octanol–water partition coefficient (Wildman–Crippen LogP) is 3.87. The van der Waals surface area contributed by atoms with Crippen LogP contribution in [0.25, 0.3) is 0 Å². The molecule has 0 bridgehead atoms. The summed E-state index contributed by atoms with van der Waals surface area (Å²) in [5, 5.41) is 34.4. The molecule has 0 heterocycles. The molecule has 3 rings (SSSR count). The molecular weight excluding hydrogens is 308 g/mol. The molecular formula is C19H18O5. The van der Waals surface area contributed by atoms with Crippen molar-refractivity contribution < 1.29 is 25.2 Å². The lowest BCUT2D eigenvalue weighted by molar-refractivity contribution is 0.0697. The molecule has 0 aliphatic heterocycles. The van der Waals surface area contributed by atoms with Gasteiger partial charge in [-0.05, 0) is 48.5 Å². The van der Waals surface area contributed by atoms with E-state index in [4.69, 9.17) is 20.4 Å². The van der Waals surface area contributed by atoms with Gasteiger partial charge in [0, 0.05) is 0 Å². The van der Waals surface area contributed by atoms with Gasteiger partial charge in [-0.15, -0.1) is 0 Å². The summed E-state index contributed by atoms with van der Waals surface area (Å²) >= 11 is 0. The lowest BCUT2D eigenvalue weighted by Gasteiger charge is -1.92. The Bertz CT molecular complexity index is 672. The number of benzene rings is 3. The van der Waals surface area contributed by atoms with E-state index in [1.54, 1.807) is 48.5 Å². The maximum Gasteiger partial charge on any atom is 0.335 e. The van der Waals surface area contributed by atoms with E-state index in [-0.39, 0.29) is 11.3 Å². The standard InChI is InChI=1S/C7H6O3.2C6H6O/c8-6-3-1-5(2-4-6)7(9)10;2*7-6-4-2-1-3-5-6/h1-4,8H,(H,9,10);2*1-5,7H. The molecule has 3 aromatic carbocycles. The molecule has 0 aliphatic carbocycles. The molecule has 0 saturated carbocycles. The molecule has 4 N–H and O–H groups in total. The minimum Gasteiger partial charge on any atom is -0.508 e. The molecule has 0 unspecified atom stereocenters. The first-order chi connectivity index (χ1) is 11.5. The highest BCUT2D eigenvalue weighted by Crippen LogP contribution is 2.08. The van der Waals surface area contributed by atoms with Crippen molar-refractivity contribution in [3.8, 4) is 17.2 Å². The second-order valence-electron chi connectivity index (χ2n) is 4.52.